The fraction of sp³-hybridized carbons (Fsp3) is 0.500. The van der Waals surface area contributed by atoms with E-state index in [4.69, 9.17) is 17.0 Å². The second kappa shape index (κ2) is 7.67. The van der Waals surface area contributed by atoms with E-state index in [1.807, 2.05) is 9.25 Å². The van der Waals surface area contributed by atoms with Crippen LogP contribution in [0.3, 0.4) is 0 Å². The molecule has 6 heteroatoms. The summed E-state index contributed by atoms with van der Waals surface area (Å²) >= 11 is 5.57. The van der Waals surface area contributed by atoms with Gasteiger partial charge in [-0.15, -0.1) is 0 Å². The summed E-state index contributed by atoms with van der Waals surface area (Å²) in [6.45, 7) is 6.59. The number of hydrogen-bond donors (Lipinski definition) is 0. The van der Waals surface area contributed by atoms with Crippen molar-refractivity contribution in [3.8, 4) is 5.69 Å². The van der Waals surface area contributed by atoms with Crippen molar-refractivity contribution in [1.29, 1.82) is 0 Å². The fourth-order valence-electron chi connectivity index (χ4n) is 2.45. The van der Waals surface area contributed by atoms with Crippen LogP contribution in [-0.2, 0) is 11.4 Å². The number of ether oxygens (including phenoxy) is 1. The van der Waals surface area contributed by atoms with Gasteiger partial charge in [-0.2, -0.15) is 5.10 Å². The zero-order chi connectivity index (χ0) is 16.1. The quantitative estimate of drug-likeness (QED) is 0.580. The standard InChI is InChI=1S/C16H24N4OS/c1-13-6-7-15(14(2)10-13)19-11-17-20(16(19)22)12-18(3)8-5-9-21-4/h6-7,10-11H,5,8-9,12H2,1-4H3. The summed E-state index contributed by atoms with van der Waals surface area (Å²) in [6.07, 6.45) is 2.79. The molecule has 0 spiro atoms. The van der Waals surface area contributed by atoms with Crippen molar-refractivity contribution in [1.82, 2.24) is 19.2 Å². The van der Waals surface area contributed by atoms with Gasteiger partial charge in [-0.25, -0.2) is 4.68 Å². The third kappa shape index (κ3) is 4.03. The van der Waals surface area contributed by atoms with Gasteiger partial charge in [0.1, 0.15) is 6.33 Å². The highest BCUT2D eigenvalue weighted by Crippen LogP contribution is 2.16. The summed E-state index contributed by atoms with van der Waals surface area (Å²) < 4.78 is 9.60. The maximum Gasteiger partial charge on any atom is 0.203 e. The maximum atomic E-state index is 5.57. The van der Waals surface area contributed by atoms with Crippen LogP contribution in [-0.4, -0.2) is 46.6 Å². The molecule has 1 heterocycles. The number of rotatable bonds is 7. The van der Waals surface area contributed by atoms with Gasteiger partial charge in [0.05, 0.1) is 12.4 Å². The zero-order valence-corrected chi connectivity index (χ0v) is 14.6. The molecule has 1 aromatic heterocycles. The van der Waals surface area contributed by atoms with Crippen LogP contribution in [0.1, 0.15) is 17.5 Å². The highest BCUT2D eigenvalue weighted by atomic mass is 32.1. The van der Waals surface area contributed by atoms with E-state index in [-0.39, 0.29) is 0 Å². The van der Waals surface area contributed by atoms with Gasteiger partial charge in [-0.1, -0.05) is 17.7 Å². The van der Waals surface area contributed by atoms with Crippen LogP contribution in [0, 0.1) is 18.6 Å². The van der Waals surface area contributed by atoms with Gasteiger partial charge < -0.3 is 4.74 Å². The zero-order valence-electron chi connectivity index (χ0n) is 13.7. The largest absolute Gasteiger partial charge is 0.385 e. The van der Waals surface area contributed by atoms with Crippen molar-refractivity contribution in [2.45, 2.75) is 26.9 Å². The van der Waals surface area contributed by atoms with E-state index < -0.39 is 0 Å². The summed E-state index contributed by atoms with van der Waals surface area (Å²) in [7, 11) is 3.79. The van der Waals surface area contributed by atoms with Crippen LogP contribution in [0.25, 0.3) is 5.69 Å². The summed E-state index contributed by atoms with van der Waals surface area (Å²) in [6, 6.07) is 6.35. The van der Waals surface area contributed by atoms with E-state index in [1.165, 1.54) is 11.1 Å². The predicted octanol–water partition coefficient (Wildman–Crippen LogP) is 2.95. The van der Waals surface area contributed by atoms with Crippen molar-refractivity contribution >= 4 is 12.2 Å². The average molecular weight is 320 g/mol. The van der Waals surface area contributed by atoms with Gasteiger partial charge in [0.25, 0.3) is 0 Å². The molecule has 0 aliphatic carbocycles. The second-order valence-corrected chi connectivity index (χ2v) is 6.01. The Hall–Kier alpha value is -1.50. The lowest BCUT2D eigenvalue weighted by Gasteiger charge is -2.16. The molecule has 120 valence electrons. The van der Waals surface area contributed by atoms with Crippen LogP contribution in [0.4, 0.5) is 0 Å². The van der Waals surface area contributed by atoms with E-state index >= 15 is 0 Å². The first-order chi connectivity index (χ1) is 10.5. The van der Waals surface area contributed by atoms with Crippen LogP contribution < -0.4 is 0 Å². The van der Waals surface area contributed by atoms with Crippen LogP contribution in [0.15, 0.2) is 24.5 Å². The van der Waals surface area contributed by atoms with Gasteiger partial charge in [0.2, 0.25) is 4.77 Å². The first kappa shape index (κ1) is 16.9. The molecule has 0 N–H and O–H groups in total. The lowest BCUT2D eigenvalue weighted by molar-refractivity contribution is 0.168. The first-order valence-electron chi connectivity index (χ1n) is 7.42. The predicted molar refractivity (Wildman–Crippen MR) is 91.0 cm³/mol. The number of hydrogen-bond acceptors (Lipinski definition) is 4. The molecule has 22 heavy (non-hydrogen) atoms. The fourth-order valence-corrected chi connectivity index (χ4v) is 2.70. The molecule has 0 aliphatic heterocycles. The molecule has 0 aliphatic rings. The summed E-state index contributed by atoms with van der Waals surface area (Å²) in [5, 5.41) is 4.43. The lowest BCUT2D eigenvalue weighted by Crippen LogP contribution is -2.24. The van der Waals surface area contributed by atoms with Crippen molar-refractivity contribution in [3.63, 3.8) is 0 Å². The normalized spacial score (nSPS) is 11.3. The van der Waals surface area contributed by atoms with E-state index in [2.05, 4.69) is 49.1 Å². The van der Waals surface area contributed by atoms with E-state index in [0.29, 0.717) is 11.4 Å². The molecule has 0 saturated carbocycles. The number of methoxy groups -OCH3 is 1. The molecule has 0 saturated heterocycles. The van der Waals surface area contributed by atoms with Crippen LogP contribution in [0.2, 0.25) is 0 Å². The third-order valence-corrected chi connectivity index (χ3v) is 4.02. The Labute approximate surface area is 137 Å². The van der Waals surface area contributed by atoms with Crippen molar-refractivity contribution in [2.24, 2.45) is 0 Å². The van der Waals surface area contributed by atoms with Gasteiger partial charge in [0, 0.05) is 20.3 Å². The molecule has 0 bridgehead atoms. The highest BCUT2D eigenvalue weighted by Gasteiger charge is 2.08. The Morgan fingerprint density at radius 3 is 2.77 bits per heavy atom. The molecular formula is C16H24N4OS. The SMILES string of the molecule is COCCCN(C)Cn1ncn(-c2ccc(C)cc2C)c1=S. The summed E-state index contributed by atoms with van der Waals surface area (Å²) in [5.41, 5.74) is 3.53. The highest BCUT2D eigenvalue weighted by molar-refractivity contribution is 7.71. The Balaban J connectivity index is 2.14. The number of aryl methyl sites for hydroxylation is 2. The minimum atomic E-state index is 0.681. The Kier molecular flexibility index (Phi) is 5.88. The summed E-state index contributed by atoms with van der Waals surface area (Å²) in [5.74, 6) is 0. The van der Waals surface area contributed by atoms with Gasteiger partial charge >= 0.3 is 0 Å². The van der Waals surface area contributed by atoms with E-state index in [0.717, 1.165) is 25.3 Å². The molecule has 0 fully saturated rings. The number of aromatic nitrogens is 3. The second-order valence-electron chi connectivity index (χ2n) is 5.64. The Morgan fingerprint density at radius 2 is 2.09 bits per heavy atom. The Morgan fingerprint density at radius 1 is 1.32 bits per heavy atom. The molecule has 1 aromatic carbocycles. The first-order valence-corrected chi connectivity index (χ1v) is 7.83. The Bertz CT molecular complexity index is 677. The number of nitrogens with zero attached hydrogens (tertiary/aromatic N) is 4. The molecule has 2 rings (SSSR count). The maximum absolute atomic E-state index is 5.57. The van der Waals surface area contributed by atoms with Gasteiger partial charge in [-0.3, -0.25) is 9.47 Å². The smallest absolute Gasteiger partial charge is 0.203 e. The molecule has 0 radical (unpaired) electrons. The van der Waals surface area contributed by atoms with Crippen molar-refractivity contribution in [3.05, 3.63) is 40.4 Å². The lowest BCUT2D eigenvalue weighted by atomic mass is 10.1. The molecule has 2 aromatic rings. The molecule has 0 unspecified atom stereocenters. The van der Waals surface area contributed by atoms with Crippen LogP contribution in [0.5, 0.6) is 0 Å². The van der Waals surface area contributed by atoms with Crippen LogP contribution >= 0.6 is 12.2 Å². The molecule has 5 nitrogen and oxygen atoms in total. The van der Waals surface area contributed by atoms with Gasteiger partial charge in [-0.05, 0) is 51.2 Å². The average Bonchev–Trinajstić information content (AvgIpc) is 2.81. The minimum Gasteiger partial charge on any atom is -0.385 e. The van der Waals surface area contributed by atoms with Crippen molar-refractivity contribution in [2.75, 3.05) is 27.3 Å². The molecule has 0 atom stereocenters. The number of benzene rings is 1. The summed E-state index contributed by atoms with van der Waals surface area (Å²) in [4.78, 5) is 2.19. The molecular weight excluding hydrogens is 296 g/mol. The topological polar surface area (TPSA) is 35.2 Å². The van der Waals surface area contributed by atoms with E-state index in [1.54, 1.807) is 13.4 Å². The minimum absolute atomic E-state index is 0.681. The molecule has 0 amide bonds. The van der Waals surface area contributed by atoms with E-state index in [9.17, 15) is 0 Å². The third-order valence-electron chi connectivity index (χ3n) is 3.61. The van der Waals surface area contributed by atoms with Crippen molar-refractivity contribution < 1.29 is 4.74 Å². The van der Waals surface area contributed by atoms with Gasteiger partial charge in [0.15, 0.2) is 0 Å². The monoisotopic (exact) mass is 320 g/mol.